The molecule has 0 amide bonds. The first kappa shape index (κ1) is 18.2. The van der Waals surface area contributed by atoms with Gasteiger partial charge in [0.1, 0.15) is 0 Å². The molecule has 0 aliphatic rings. The van der Waals surface area contributed by atoms with Crippen LogP contribution in [0.2, 0.25) is 0 Å². The summed E-state index contributed by atoms with van der Waals surface area (Å²) in [5.41, 5.74) is 0.988. The summed E-state index contributed by atoms with van der Waals surface area (Å²) in [5, 5.41) is 0.714. The molecule has 3 rings (SSSR count). The van der Waals surface area contributed by atoms with Gasteiger partial charge in [0.25, 0.3) is 5.95 Å². The van der Waals surface area contributed by atoms with E-state index in [2.05, 4.69) is 0 Å². The molecule has 2 aromatic carbocycles. The lowest BCUT2D eigenvalue weighted by molar-refractivity contribution is -0.137. The van der Waals surface area contributed by atoms with E-state index in [9.17, 15) is 13.2 Å². The molecule has 26 heavy (non-hydrogen) atoms. The van der Waals surface area contributed by atoms with E-state index in [1.54, 1.807) is 19.3 Å². The Bertz CT molecular complexity index is 896. The molecule has 0 bridgehead atoms. The van der Waals surface area contributed by atoms with Gasteiger partial charge in [0.2, 0.25) is 0 Å². The van der Waals surface area contributed by atoms with E-state index in [4.69, 9.17) is 9.15 Å². The van der Waals surface area contributed by atoms with Crippen molar-refractivity contribution < 1.29 is 22.3 Å². The van der Waals surface area contributed by atoms with Crippen LogP contribution < -0.4 is 4.74 Å². The van der Waals surface area contributed by atoms with Crippen molar-refractivity contribution in [2.24, 2.45) is 0 Å². The zero-order chi connectivity index (χ0) is 18.6. The number of ether oxygens (including phenoxy) is 1. The minimum atomic E-state index is -4.32. The lowest BCUT2D eigenvalue weighted by Crippen LogP contribution is -2.03. The van der Waals surface area contributed by atoms with E-state index in [0.29, 0.717) is 16.6 Å². The summed E-state index contributed by atoms with van der Waals surface area (Å²) >= 11 is 1.46. The highest BCUT2D eigenvalue weighted by atomic mass is 32.2. The maximum atomic E-state index is 12.6. The minimum absolute atomic E-state index is 0.450. The van der Waals surface area contributed by atoms with Crippen molar-refractivity contribution in [1.82, 2.24) is 0 Å². The highest BCUT2D eigenvalue weighted by Gasteiger charge is 2.29. The smallest absolute Gasteiger partial charge is 0.416 e. The standard InChI is InChI=1S/C20H15F3O2S/c1-24-18-11-12-19(25-18)26-17-4-2-3-15(13-17)6-5-14-7-9-16(10-8-14)20(21,22)23/h2-13H,1H3/b6-5+. The first-order valence-electron chi connectivity index (χ1n) is 7.71. The second-order valence-corrected chi connectivity index (χ2v) is 6.48. The third kappa shape index (κ3) is 4.73. The molecule has 0 unspecified atom stereocenters. The van der Waals surface area contributed by atoms with E-state index in [-0.39, 0.29) is 0 Å². The summed E-state index contributed by atoms with van der Waals surface area (Å²) < 4.78 is 48.2. The summed E-state index contributed by atoms with van der Waals surface area (Å²) in [6.07, 6.45) is -0.683. The van der Waals surface area contributed by atoms with Gasteiger partial charge in [0.05, 0.1) is 12.7 Å². The van der Waals surface area contributed by atoms with Crippen molar-refractivity contribution in [3.8, 4) is 5.95 Å². The lowest BCUT2D eigenvalue weighted by atomic mass is 10.1. The Morgan fingerprint density at radius 1 is 0.923 bits per heavy atom. The second kappa shape index (κ2) is 7.74. The summed E-state index contributed by atoms with van der Waals surface area (Å²) in [6, 6.07) is 16.4. The molecule has 0 saturated heterocycles. The molecule has 6 heteroatoms. The molecule has 0 aliphatic carbocycles. The van der Waals surface area contributed by atoms with Crippen LogP contribution in [0.25, 0.3) is 12.2 Å². The second-order valence-electron chi connectivity index (χ2n) is 5.41. The first-order chi connectivity index (χ1) is 12.4. The fraction of sp³-hybridized carbons (Fsp3) is 0.100. The Balaban J connectivity index is 1.70. The fourth-order valence-corrected chi connectivity index (χ4v) is 3.08. The Morgan fingerprint density at radius 2 is 1.65 bits per heavy atom. The first-order valence-corrected chi connectivity index (χ1v) is 8.53. The van der Waals surface area contributed by atoms with Gasteiger partial charge < -0.3 is 9.15 Å². The van der Waals surface area contributed by atoms with Crippen molar-refractivity contribution in [3.05, 3.63) is 77.4 Å². The normalized spacial score (nSPS) is 11.8. The Labute approximate surface area is 153 Å². The number of rotatable bonds is 5. The van der Waals surface area contributed by atoms with Crippen LogP contribution in [0.15, 0.2) is 75.1 Å². The maximum absolute atomic E-state index is 12.6. The third-order valence-electron chi connectivity index (χ3n) is 3.54. The van der Waals surface area contributed by atoms with Crippen molar-refractivity contribution in [2.45, 2.75) is 16.2 Å². The van der Waals surface area contributed by atoms with Crippen LogP contribution in [-0.4, -0.2) is 7.11 Å². The molecule has 0 saturated carbocycles. The Morgan fingerprint density at radius 3 is 2.31 bits per heavy atom. The number of benzene rings is 2. The van der Waals surface area contributed by atoms with Crippen molar-refractivity contribution in [1.29, 1.82) is 0 Å². The van der Waals surface area contributed by atoms with Gasteiger partial charge in [-0.15, -0.1) is 0 Å². The van der Waals surface area contributed by atoms with Gasteiger partial charge in [-0.05, 0) is 41.5 Å². The lowest BCUT2D eigenvalue weighted by Gasteiger charge is -2.06. The summed E-state index contributed by atoms with van der Waals surface area (Å²) in [4.78, 5) is 0.983. The van der Waals surface area contributed by atoms with Gasteiger partial charge in [-0.1, -0.05) is 48.2 Å². The van der Waals surface area contributed by atoms with E-state index >= 15 is 0 Å². The molecule has 0 radical (unpaired) electrons. The number of alkyl halides is 3. The predicted octanol–water partition coefficient (Wildman–Crippen LogP) is 6.63. The van der Waals surface area contributed by atoms with Crippen molar-refractivity contribution in [2.75, 3.05) is 7.11 Å². The fourth-order valence-electron chi connectivity index (χ4n) is 2.24. The molecule has 0 aliphatic heterocycles. The largest absolute Gasteiger partial charge is 0.468 e. The molecule has 0 spiro atoms. The average molecular weight is 376 g/mol. The topological polar surface area (TPSA) is 22.4 Å². The van der Waals surface area contributed by atoms with E-state index in [0.717, 1.165) is 22.6 Å². The molecule has 0 atom stereocenters. The van der Waals surface area contributed by atoms with Gasteiger partial charge in [-0.2, -0.15) is 13.2 Å². The van der Waals surface area contributed by atoms with E-state index in [1.807, 2.05) is 36.4 Å². The molecule has 2 nitrogen and oxygen atoms in total. The molecule has 1 aromatic heterocycles. The van der Waals surface area contributed by atoms with Crippen LogP contribution in [0.4, 0.5) is 13.2 Å². The van der Waals surface area contributed by atoms with Crippen LogP contribution >= 0.6 is 11.8 Å². The number of hydrogen-bond acceptors (Lipinski definition) is 3. The van der Waals surface area contributed by atoms with Crippen LogP contribution in [0.5, 0.6) is 5.95 Å². The Kier molecular flexibility index (Phi) is 5.42. The maximum Gasteiger partial charge on any atom is 0.416 e. The molecular weight excluding hydrogens is 361 g/mol. The molecule has 3 aromatic rings. The summed E-state index contributed by atoms with van der Waals surface area (Å²) in [7, 11) is 1.54. The predicted molar refractivity (Wildman–Crippen MR) is 96.2 cm³/mol. The van der Waals surface area contributed by atoms with Gasteiger partial charge in [-0.3, -0.25) is 0 Å². The van der Waals surface area contributed by atoms with E-state index in [1.165, 1.54) is 23.9 Å². The van der Waals surface area contributed by atoms with E-state index < -0.39 is 11.7 Å². The van der Waals surface area contributed by atoms with Crippen LogP contribution in [0.1, 0.15) is 16.7 Å². The molecular formula is C20H15F3O2S. The SMILES string of the molecule is COc1ccc(Sc2cccc(/C=C/c3ccc(C(F)(F)F)cc3)c2)o1. The third-order valence-corrected chi connectivity index (χ3v) is 4.45. The van der Waals surface area contributed by atoms with Crippen LogP contribution in [0.3, 0.4) is 0 Å². The van der Waals surface area contributed by atoms with Gasteiger partial charge in [0.15, 0.2) is 5.09 Å². The van der Waals surface area contributed by atoms with Crippen LogP contribution in [0, 0.1) is 0 Å². The molecule has 0 N–H and O–H groups in total. The zero-order valence-electron chi connectivity index (χ0n) is 13.8. The highest BCUT2D eigenvalue weighted by molar-refractivity contribution is 7.99. The number of furan rings is 1. The molecule has 0 fully saturated rings. The average Bonchev–Trinajstić information content (AvgIpc) is 3.07. The molecule has 1 heterocycles. The zero-order valence-corrected chi connectivity index (χ0v) is 14.6. The number of halogens is 3. The van der Waals surface area contributed by atoms with Crippen LogP contribution in [-0.2, 0) is 6.18 Å². The Hall–Kier alpha value is -2.60. The van der Waals surface area contributed by atoms with Gasteiger partial charge in [-0.25, -0.2) is 0 Å². The molecule has 134 valence electrons. The van der Waals surface area contributed by atoms with Crippen molar-refractivity contribution in [3.63, 3.8) is 0 Å². The minimum Gasteiger partial charge on any atom is -0.468 e. The van der Waals surface area contributed by atoms with Gasteiger partial charge in [0, 0.05) is 11.0 Å². The van der Waals surface area contributed by atoms with Gasteiger partial charge >= 0.3 is 6.18 Å². The summed E-state index contributed by atoms with van der Waals surface area (Å²) in [5.74, 6) is 0.450. The monoisotopic (exact) mass is 376 g/mol. The summed E-state index contributed by atoms with van der Waals surface area (Å²) in [6.45, 7) is 0. The quantitative estimate of drug-likeness (QED) is 0.467. The number of methoxy groups -OCH3 is 1. The number of hydrogen-bond donors (Lipinski definition) is 0. The van der Waals surface area contributed by atoms with Crippen molar-refractivity contribution >= 4 is 23.9 Å². The highest BCUT2D eigenvalue weighted by Crippen LogP contribution is 2.32.